The molecule has 1 N–H and O–H groups in total. The molecule has 2 bridgehead atoms. The third-order valence-electron chi connectivity index (χ3n) is 7.69. The van der Waals surface area contributed by atoms with Gasteiger partial charge < -0.3 is 19.3 Å². The van der Waals surface area contributed by atoms with Crippen LogP contribution in [0.2, 0.25) is 0 Å². The number of hydrogen-bond donors (Lipinski definition) is 1. The fraction of sp³-hybridized carbons (Fsp3) is 0.739. The van der Waals surface area contributed by atoms with Crippen LogP contribution in [0.1, 0.15) is 58.8 Å². The van der Waals surface area contributed by atoms with Crippen molar-refractivity contribution in [2.24, 2.45) is 29.6 Å². The second kappa shape index (κ2) is 7.95. The standard InChI is InChI=1S/C23H30O8/c1-11(2)20(26)31-23(7-4-5-8-23)9-6-12(3)21(27)29-17-13-10-14-16(15(13)19(24)25)22(28)30-18(14)17/h12-18H,1,4-10H2,2-3H3,(H,24,25). The highest BCUT2D eigenvalue weighted by molar-refractivity contribution is 5.87. The van der Waals surface area contributed by atoms with Crippen LogP contribution in [-0.4, -0.2) is 46.8 Å². The third kappa shape index (κ3) is 3.74. The number of hydrogen-bond acceptors (Lipinski definition) is 7. The predicted octanol–water partition coefficient (Wildman–Crippen LogP) is 2.64. The smallest absolute Gasteiger partial charge is 0.333 e. The van der Waals surface area contributed by atoms with Gasteiger partial charge in [-0.3, -0.25) is 14.4 Å². The summed E-state index contributed by atoms with van der Waals surface area (Å²) in [6, 6.07) is 0. The maximum absolute atomic E-state index is 12.8. The normalized spacial score (nSPS) is 35.5. The number of esters is 3. The molecule has 7 atom stereocenters. The number of fused-ring (bicyclic) bond motifs is 1. The lowest BCUT2D eigenvalue weighted by Gasteiger charge is -2.32. The van der Waals surface area contributed by atoms with E-state index < -0.39 is 65.4 Å². The summed E-state index contributed by atoms with van der Waals surface area (Å²) in [7, 11) is 0. The van der Waals surface area contributed by atoms with Crippen LogP contribution in [0.25, 0.3) is 0 Å². The van der Waals surface area contributed by atoms with E-state index >= 15 is 0 Å². The zero-order valence-corrected chi connectivity index (χ0v) is 18.0. The summed E-state index contributed by atoms with van der Waals surface area (Å²) in [5.41, 5.74) is -0.216. The molecular weight excluding hydrogens is 404 g/mol. The fourth-order valence-electron chi connectivity index (χ4n) is 6.04. The summed E-state index contributed by atoms with van der Waals surface area (Å²) in [5, 5.41) is 9.58. The van der Waals surface area contributed by atoms with Gasteiger partial charge in [0, 0.05) is 17.4 Å². The Kier molecular flexibility index (Phi) is 5.60. The lowest BCUT2D eigenvalue weighted by Crippen LogP contribution is -2.43. The van der Waals surface area contributed by atoms with Crippen molar-refractivity contribution >= 4 is 23.9 Å². The van der Waals surface area contributed by atoms with Gasteiger partial charge in [0.2, 0.25) is 0 Å². The molecule has 0 aromatic heterocycles. The first kappa shape index (κ1) is 21.8. The average molecular weight is 434 g/mol. The quantitative estimate of drug-likeness (QED) is 0.352. The van der Waals surface area contributed by atoms with Gasteiger partial charge in [0.1, 0.15) is 17.8 Å². The van der Waals surface area contributed by atoms with Crippen molar-refractivity contribution in [2.75, 3.05) is 0 Å². The summed E-state index contributed by atoms with van der Waals surface area (Å²) < 4.78 is 16.9. The van der Waals surface area contributed by atoms with Crippen LogP contribution in [-0.2, 0) is 33.4 Å². The Labute approximate surface area is 181 Å². The molecule has 1 saturated heterocycles. The molecule has 0 spiro atoms. The van der Waals surface area contributed by atoms with Crippen LogP contribution in [0, 0.1) is 29.6 Å². The van der Waals surface area contributed by atoms with E-state index in [1.165, 1.54) is 0 Å². The highest BCUT2D eigenvalue weighted by Crippen LogP contribution is 2.58. The van der Waals surface area contributed by atoms with Crippen LogP contribution >= 0.6 is 0 Å². The Morgan fingerprint density at radius 3 is 2.55 bits per heavy atom. The largest absolute Gasteiger partial charge is 0.481 e. The summed E-state index contributed by atoms with van der Waals surface area (Å²) in [6.07, 6.45) is 3.80. The van der Waals surface area contributed by atoms with Crippen molar-refractivity contribution in [3.8, 4) is 0 Å². The Hall–Kier alpha value is -2.38. The molecule has 4 fully saturated rings. The molecule has 3 aliphatic carbocycles. The molecule has 170 valence electrons. The predicted molar refractivity (Wildman–Crippen MR) is 106 cm³/mol. The van der Waals surface area contributed by atoms with Crippen LogP contribution < -0.4 is 0 Å². The first-order valence-electron chi connectivity index (χ1n) is 11.2. The average Bonchev–Trinajstić information content (AvgIpc) is 3.44. The number of ether oxygens (including phenoxy) is 3. The first-order valence-corrected chi connectivity index (χ1v) is 11.2. The monoisotopic (exact) mass is 434 g/mol. The van der Waals surface area contributed by atoms with E-state index in [4.69, 9.17) is 14.2 Å². The number of carbonyl (C=O) groups excluding carboxylic acids is 3. The molecule has 8 nitrogen and oxygen atoms in total. The molecule has 1 heterocycles. The van der Waals surface area contributed by atoms with Gasteiger partial charge in [-0.15, -0.1) is 0 Å². The van der Waals surface area contributed by atoms with Gasteiger partial charge in [-0.25, -0.2) is 4.79 Å². The number of aliphatic carboxylic acids is 1. The second-order valence-corrected chi connectivity index (χ2v) is 9.76. The van der Waals surface area contributed by atoms with Gasteiger partial charge in [-0.05, 0) is 51.9 Å². The molecule has 3 saturated carbocycles. The van der Waals surface area contributed by atoms with Gasteiger partial charge in [-0.1, -0.05) is 13.5 Å². The van der Waals surface area contributed by atoms with Crippen molar-refractivity contribution in [2.45, 2.75) is 76.6 Å². The molecule has 8 heteroatoms. The van der Waals surface area contributed by atoms with Crippen LogP contribution in [0.3, 0.4) is 0 Å². The van der Waals surface area contributed by atoms with E-state index in [9.17, 15) is 24.3 Å². The topological polar surface area (TPSA) is 116 Å². The Balaban J connectivity index is 1.37. The maximum Gasteiger partial charge on any atom is 0.333 e. The third-order valence-corrected chi connectivity index (χ3v) is 7.69. The molecular formula is C23H30O8. The van der Waals surface area contributed by atoms with Crippen molar-refractivity contribution in [3.05, 3.63) is 12.2 Å². The van der Waals surface area contributed by atoms with E-state index in [0.717, 1.165) is 25.7 Å². The van der Waals surface area contributed by atoms with Gasteiger partial charge in [-0.2, -0.15) is 0 Å². The number of rotatable bonds is 8. The number of carbonyl (C=O) groups is 4. The molecule has 7 unspecified atom stereocenters. The summed E-state index contributed by atoms with van der Waals surface area (Å²) in [5.74, 6) is -4.86. The van der Waals surface area contributed by atoms with E-state index in [1.54, 1.807) is 13.8 Å². The fourth-order valence-corrected chi connectivity index (χ4v) is 6.04. The van der Waals surface area contributed by atoms with Crippen LogP contribution in [0.15, 0.2) is 12.2 Å². The minimum Gasteiger partial charge on any atom is -0.481 e. The van der Waals surface area contributed by atoms with Crippen molar-refractivity contribution < 1.29 is 38.5 Å². The lowest BCUT2D eigenvalue weighted by atomic mass is 9.78. The van der Waals surface area contributed by atoms with Crippen LogP contribution in [0.4, 0.5) is 0 Å². The van der Waals surface area contributed by atoms with Gasteiger partial charge in [0.15, 0.2) is 0 Å². The Bertz CT molecular complexity index is 810. The van der Waals surface area contributed by atoms with E-state index in [-0.39, 0.29) is 5.92 Å². The number of carboxylic acid groups (broad SMARTS) is 1. The highest BCUT2D eigenvalue weighted by atomic mass is 16.6. The van der Waals surface area contributed by atoms with Gasteiger partial charge >= 0.3 is 23.9 Å². The molecule has 31 heavy (non-hydrogen) atoms. The lowest BCUT2D eigenvalue weighted by molar-refractivity contribution is -0.168. The first-order chi connectivity index (χ1) is 14.6. The van der Waals surface area contributed by atoms with Crippen molar-refractivity contribution in [1.29, 1.82) is 0 Å². The molecule has 4 rings (SSSR count). The molecule has 1 aliphatic heterocycles. The van der Waals surface area contributed by atoms with Gasteiger partial charge in [0.25, 0.3) is 0 Å². The zero-order valence-electron chi connectivity index (χ0n) is 18.0. The molecule has 0 aromatic rings. The second-order valence-electron chi connectivity index (χ2n) is 9.76. The molecule has 0 amide bonds. The zero-order chi connectivity index (χ0) is 22.5. The SMILES string of the molecule is C=C(C)C(=O)OC1(CCC(C)C(=O)OC2C3CC4C2OC(=O)C4C3C(=O)O)CCCC1. The Morgan fingerprint density at radius 2 is 1.94 bits per heavy atom. The minimum absolute atomic E-state index is 0.185. The molecule has 4 aliphatic rings. The van der Waals surface area contributed by atoms with E-state index in [2.05, 4.69) is 6.58 Å². The van der Waals surface area contributed by atoms with Gasteiger partial charge in [0.05, 0.1) is 17.8 Å². The molecule has 0 aromatic carbocycles. The summed E-state index contributed by atoms with van der Waals surface area (Å²) >= 11 is 0. The van der Waals surface area contributed by atoms with Crippen molar-refractivity contribution in [3.63, 3.8) is 0 Å². The number of carboxylic acids is 1. The molecule has 0 radical (unpaired) electrons. The summed E-state index contributed by atoms with van der Waals surface area (Å²) in [4.78, 5) is 48.7. The van der Waals surface area contributed by atoms with E-state index in [1.807, 2.05) is 0 Å². The summed E-state index contributed by atoms with van der Waals surface area (Å²) in [6.45, 7) is 7.02. The van der Waals surface area contributed by atoms with Crippen LogP contribution in [0.5, 0.6) is 0 Å². The van der Waals surface area contributed by atoms with Crippen molar-refractivity contribution in [1.82, 2.24) is 0 Å². The van der Waals surface area contributed by atoms with E-state index in [0.29, 0.717) is 24.8 Å². The minimum atomic E-state index is -1.04. The Morgan fingerprint density at radius 1 is 1.26 bits per heavy atom. The maximum atomic E-state index is 12.8. The highest BCUT2D eigenvalue weighted by Gasteiger charge is 2.70.